The largest absolute Gasteiger partial charge is 0.390 e. The second kappa shape index (κ2) is 4.70. The van der Waals surface area contributed by atoms with Gasteiger partial charge in [-0.25, -0.2) is 0 Å². The zero-order valence-electron chi connectivity index (χ0n) is 7.58. The quantitative estimate of drug-likeness (QED) is 0.828. The fourth-order valence-electron chi connectivity index (χ4n) is 1.21. The standard InChI is InChI=1S/C8H11F3N2.ClH/c1-13-4-2-3-7(13)6(12)5-8(9,10)11;/h2-4,6H,5,12H2,1H3;1H/t6-;/m0./s1. The van der Waals surface area contributed by atoms with Gasteiger partial charge in [-0.15, -0.1) is 12.4 Å². The first-order valence-electron chi connectivity index (χ1n) is 3.84. The number of nitrogens with two attached hydrogens (primary N) is 1. The zero-order chi connectivity index (χ0) is 10.1. The molecule has 1 aromatic rings. The monoisotopic (exact) mass is 228 g/mol. The number of halogens is 4. The highest BCUT2D eigenvalue weighted by Crippen LogP contribution is 2.27. The van der Waals surface area contributed by atoms with Crippen molar-refractivity contribution in [2.45, 2.75) is 18.6 Å². The van der Waals surface area contributed by atoms with Crippen LogP contribution in [-0.2, 0) is 7.05 Å². The molecule has 14 heavy (non-hydrogen) atoms. The first-order valence-corrected chi connectivity index (χ1v) is 3.84. The number of rotatable bonds is 2. The smallest absolute Gasteiger partial charge is 0.353 e. The second-order valence-corrected chi connectivity index (χ2v) is 2.97. The Morgan fingerprint density at radius 2 is 2.07 bits per heavy atom. The van der Waals surface area contributed by atoms with Crippen LogP contribution in [-0.4, -0.2) is 10.7 Å². The maximum atomic E-state index is 11.9. The first kappa shape index (κ1) is 13.3. The lowest BCUT2D eigenvalue weighted by Crippen LogP contribution is -2.21. The Hall–Kier alpha value is -0.680. The average molecular weight is 229 g/mol. The highest BCUT2D eigenvalue weighted by molar-refractivity contribution is 5.85. The van der Waals surface area contributed by atoms with Crippen molar-refractivity contribution in [1.82, 2.24) is 4.57 Å². The molecule has 0 spiro atoms. The van der Waals surface area contributed by atoms with Crippen molar-refractivity contribution in [3.63, 3.8) is 0 Å². The van der Waals surface area contributed by atoms with Crippen LogP contribution in [0.5, 0.6) is 0 Å². The van der Waals surface area contributed by atoms with E-state index >= 15 is 0 Å². The first-order chi connectivity index (χ1) is 5.90. The number of aromatic nitrogens is 1. The van der Waals surface area contributed by atoms with Crippen molar-refractivity contribution >= 4 is 12.4 Å². The van der Waals surface area contributed by atoms with E-state index in [0.717, 1.165) is 0 Å². The van der Waals surface area contributed by atoms with Crippen molar-refractivity contribution in [3.05, 3.63) is 24.0 Å². The lowest BCUT2D eigenvalue weighted by atomic mass is 10.1. The van der Waals surface area contributed by atoms with Crippen LogP contribution in [0.25, 0.3) is 0 Å². The summed E-state index contributed by atoms with van der Waals surface area (Å²) in [5, 5.41) is 0. The molecule has 0 aliphatic carbocycles. The summed E-state index contributed by atoms with van der Waals surface area (Å²) in [5.74, 6) is 0. The van der Waals surface area contributed by atoms with Crippen LogP contribution in [0.1, 0.15) is 18.2 Å². The highest BCUT2D eigenvalue weighted by atomic mass is 35.5. The molecule has 1 atom stereocenters. The van der Waals surface area contributed by atoms with E-state index in [9.17, 15) is 13.2 Å². The SMILES string of the molecule is Cl.Cn1cccc1[C@@H](N)CC(F)(F)F. The van der Waals surface area contributed by atoms with Crippen molar-refractivity contribution in [2.75, 3.05) is 0 Å². The van der Waals surface area contributed by atoms with E-state index < -0.39 is 18.6 Å². The number of hydrogen-bond donors (Lipinski definition) is 1. The molecular weight excluding hydrogens is 217 g/mol. The van der Waals surface area contributed by atoms with Crippen LogP contribution in [0.4, 0.5) is 13.2 Å². The molecule has 1 aromatic heterocycles. The third kappa shape index (κ3) is 3.59. The normalized spacial score (nSPS) is 13.5. The van der Waals surface area contributed by atoms with Crippen molar-refractivity contribution < 1.29 is 13.2 Å². The van der Waals surface area contributed by atoms with Gasteiger partial charge in [-0.3, -0.25) is 0 Å². The molecule has 82 valence electrons. The predicted octanol–water partition coefficient (Wildman–Crippen LogP) is 2.40. The lowest BCUT2D eigenvalue weighted by Gasteiger charge is -2.14. The Morgan fingerprint density at radius 1 is 1.50 bits per heavy atom. The van der Waals surface area contributed by atoms with E-state index in [4.69, 9.17) is 5.73 Å². The third-order valence-electron chi connectivity index (χ3n) is 1.82. The van der Waals surface area contributed by atoms with E-state index in [1.165, 1.54) is 0 Å². The van der Waals surface area contributed by atoms with Gasteiger partial charge in [-0.05, 0) is 12.1 Å². The van der Waals surface area contributed by atoms with E-state index in [0.29, 0.717) is 5.69 Å². The Kier molecular flexibility index (Phi) is 4.48. The van der Waals surface area contributed by atoms with Crippen LogP contribution in [0.3, 0.4) is 0 Å². The van der Waals surface area contributed by atoms with Gasteiger partial charge < -0.3 is 10.3 Å². The average Bonchev–Trinajstić information content (AvgIpc) is 2.30. The van der Waals surface area contributed by atoms with Crippen LogP contribution < -0.4 is 5.73 Å². The molecule has 1 rings (SSSR count). The van der Waals surface area contributed by atoms with Crippen LogP contribution >= 0.6 is 12.4 Å². The molecule has 0 unspecified atom stereocenters. The fraction of sp³-hybridized carbons (Fsp3) is 0.500. The summed E-state index contributed by atoms with van der Waals surface area (Å²) in [5.41, 5.74) is 5.88. The molecule has 0 aliphatic heterocycles. The molecule has 0 radical (unpaired) electrons. The minimum Gasteiger partial charge on any atom is -0.353 e. The molecule has 0 saturated carbocycles. The number of aryl methyl sites for hydroxylation is 1. The maximum absolute atomic E-state index is 11.9. The van der Waals surface area contributed by atoms with E-state index in [1.807, 2.05) is 0 Å². The Bertz CT molecular complexity index is 282. The molecule has 0 amide bonds. The van der Waals surface area contributed by atoms with Crippen molar-refractivity contribution in [2.24, 2.45) is 12.8 Å². The van der Waals surface area contributed by atoms with Crippen LogP contribution in [0.15, 0.2) is 18.3 Å². The number of alkyl halides is 3. The Morgan fingerprint density at radius 3 is 2.43 bits per heavy atom. The molecule has 0 aliphatic rings. The highest BCUT2D eigenvalue weighted by Gasteiger charge is 2.31. The molecule has 0 aromatic carbocycles. The number of hydrogen-bond acceptors (Lipinski definition) is 1. The molecule has 2 nitrogen and oxygen atoms in total. The summed E-state index contributed by atoms with van der Waals surface area (Å²) in [6.45, 7) is 0. The van der Waals surface area contributed by atoms with Gasteiger partial charge in [0.05, 0.1) is 12.5 Å². The fourth-order valence-corrected chi connectivity index (χ4v) is 1.21. The maximum Gasteiger partial charge on any atom is 0.390 e. The summed E-state index contributed by atoms with van der Waals surface area (Å²) >= 11 is 0. The Balaban J connectivity index is 0.00000169. The molecule has 0 bridgehead atoms. The van der Waals surface area contributed by atoms with E-state index in [1.54, 1.807) is 29.9 Å². The van der Waals surface area contributed by atoms with Gasteiger partial charge in [-0.2, -0.15) is 13.2 Å². The van der Waals surface area contributed by atoms with Gasteiger partial charge in [0.15, 0.2) is 0 Å². The Labute approximate surface area is 86.3 Å². The van der Waals surface area contributed by atoms with Gasteiger partial charge in [0.1, 0.15) is 0 Å². The van der Waals surface area contributed by atoms with Gasteiger partial charge >= 0.3 is 6.18 Å². The summed E-state index contributed by atoms with van der Waals surface area (Å²) < 4.78 is 37.4. The molecule has 6 heteroatoms. The number of nitrogens with zero attached hydrogens (tertiary/aromatic N) is 1. The summed E-state index contributed by atoms with van der Waals surface area (Å²) in [6, 6.07) is 2.29. The predicted molar refractivity (Wildman–Crippen MR) is 50.3 cm³/mol. The molecule has 0 saturated heterocycles. The third-order valence-corrected chi connectivity index (χ3v) is 1.82. The topological polar surface area (TPSA) is 30.9 Å². The second-order valence-electron chi connectivity index (χ2n) is 2.97. The van der Waals surface area contributed by atoms with Crippen molar-refractivity contribution in [3.8, 4) is 0 Å². The lowest BCUT2D eigenvalue weighted by molar-refractivity contribution is -0.138. The van der Waals surface area contributed by atoms with E-state index in [-0.39, 0.29) is 12.4 Å². The van der Waals surface area contributed by atoms with Crippen molar-refractivity contribution in [1.29, 1.82) is 0 Å². The van der Waals surface area contributed by atoms with Crippen LogP contribution in [0, 0.1) is 0 Å². The molecule has 2 N–H and O–H groups in total. The summed E-state index contributed by atoms with van der Waals surface area (Å²) in [6.07, 6.45) is -3.51. The van der Waals surface area contributed by atoms with Gasteiger partial charge in [-0.1, -0.05) is 0 Å². The van der Waals surface area contributed by atoms with Gasteiger partial charge in [0.2, 0.25) is 0 Å². The molecule has 0 fully saturated rings. The molecule has 1 heterocycles. The van der Waals surface area contributed by atoms with Gasteiger partial charge in [0, 0.05) is 18.9 Å². The summed E-state index contributed by atoms with van der Waals surface area (Å²) in [7, 11) is 1.67. The summed E-state index contributed by atoms with van der Waals surface area (Å²) in [4.78, 5) is 0. The minimum absolute atomic E-state index is 0. The zero-order valence-corrected chi connectivity index (χ0v) is 8.40. The molecular formula is C8H12ClF3N2. The minimum atomic E-state index is -4.20. The van der Waals surface area contributed by atoms with Gasteiger partial charge in [0.25, 0.3) is 0 Å². The van der Waals surface area contributed by atoms with Crippen LogP contribution in [0.2, 0.25) is 0 Å². The van der Waals surface area contributed by atoms with E-state index in [2.05, 4.69) is 0 Å².